The first-order chi connectivity index (χ1) is 12.2. The van der Waals surface area contributed by atoms with Crippen LogP contribution in [0.3, 0.4) is 0 Å². The van der Waals surface area contributed by atoms with Crippen molar-refractivity contribution >= 4 is 15.7 Å². The number of benzene rings is 1. The highest BCUT2D eigenvalue weighted by Gasteiger charge is 2.43. The maximum atomic E-state index is 12.0. The van der Waals surface area contributed by atoms with Gasteiger partial charge in [0, 0.05) is 24.3 Å². The van der Waals surface area contributed by atoms with Crippen molar-refractivity contribution in [2.24, 2.45) is 0 Å². The number of hydroxylamine groups is 1. The minimum Gasteiger partial charge on any atom is -0.454 e. The highest BCUT2D eigenvalue weighted by molar-refractivity contribution is 7.92. The van der Waals surface area contributed by atoms with Gasteiger partial charge in [-0.3, -0.25) is 10.0 Å². The summed E-state index contributed by atoms with van der Waals surface area (Å²) in [7, 11) is -3.76. The second-order valence-electron chi connectivity index (χ2n) is 6.19. The Morgan fingerprint density at radius 1 is 1.31 bits per heavy atom. The van der Waals surface area contributed by atoms with Crippen molar-refractivity contribution in [1.82, 2.24) is 10.6 Å². The summed E-state index contributed by atoms with van der Waals surface area (Å²) in [6, 6.07) is 6.99. The topological polar surface area (TPSA) is 128 Å². The molecule has 0 aliphatic carbocycles. The molecule has 140 valence electrons. The number of ether oxygens (including phenoxy) is 2. The summed E-state index contributed by atoms with van der Waals surface area (Å²) in [5.74, 6) is 0.682. The number of rotatable bonds is 6. The van der Waals surface area contributed by atoms with Gasteiger partial charge in [0.25, 0.3) is 5.91 Å². The monoisotopic (exact) mass is 382 g/mol. The predicted octanol–water partition coefficient (Wildman–Crippen LogP) is 1.31. The Morgan fingerprint density at radius 2 is 2.04 bits per heavy atom. The third kappa shape index (κ3) is 3.25. The molecule has 1 unspecified atom stereocenters. The zero-order valence-corrected chi connectivity index (χ0v) is 15.0. The SMILES string of the molecule is CC(CCc1cc(-c2ccc3c(c2)OCO3)no1)(C(=O)NO)S(C)(=O)=O. The maximum Gasteiger partial charge on any atom is 0.264 e. The van der Waals surface area contributed by atoms with Crippen molar-refractivity contribution in [1.29, 1.82) is 0 Å². The second kappa shape index (κ2) is 6.61. The maximum absolute atomic E-state index is 12.0. The van der Waals surface area contributed by atoms with Crippen LogP contribution in [0.1, 0.15) is 19.1 Å². The van der Waals surface area contributed by atoms with Gasteiger partial charge in [-0.1, -0.05) is 5.16 Å². The van der Waals surface area contributed by atoms with E-state index >= 15 is 0 Å². The Morgan fingerprint density at radius 3 is 2.73 bits per heavy atom. The summed E-state index contributed by atoms with van der Waals surface area (Å²) in [6.07, 6.45) is 1.02. The van der Waals surface area contributed by atoms with Gasteiger partial charge in [0.1, 0.15) is 16.2 Å². The lowest BCUT2D eigenvalue weighted by Crippen LogP contribution is -2.49. The average molecular weight is 382 g/mol. The molecule has 1 aliphatic rings. The van der Waals surface area contributed by atoms with E-state index in [2.05, 4.69) is 5.16 Å². The molecule has 2 aromatic rings. The molecule has 2 heterocycles. The highest BCUT2D eigenvalue weighted by atomic mass is 32.2. The quantitative estimate of drug-likeness (QED) is 0.565. The number of aryl methyl sites for hydroxylation is 1. The summed E-state index contributed by atoms with van der Waals surface area (Å²) < 4.78 is 38.0. The van der Waals surface area contributed by atoms with Gasteiger partial charge < -0.3 is 14.0 Å². The molecule has 1 aromatic heterocycles. The van der Waals surface area contributed by atoms with Gasteiger partial charge in [0.2, 0.25) is 6.79 Å². The first kappa shape index (κ1) is 18.2. The lowest BCUT2D eigenvalue weighted by Gasteiger charge is -2.24. The van der Waals surface area contributed by atoms with E-state index in [0.717, 1.165) is 11.8 Å². The minimum atomic E-state index is -3.76. The van der Waals surface area contributed by atoms with Gasteiger partial charge in [-0.15, -0.1) is 0 Å². The largest absolute Gasteiger partial charge is 0.454 e. The van der Waals surface area contributed by atoms with Crippen LogP contribution in [0.15, 0.2) is 28.8 Å². The van der Waals surface area contributed by atoms with E-state index in [9.17, 15) is 13.2 Å². The molecule has 0 saturated heterocycles. The fourth-order valence-electron chi connectivity index (χ4n) is 2.57. The molecule has 10 heteroatoms. The molecular formula is C16H18N2O7S. The average Bonchev–Trinajstić information content (AvgIpc) is 3.26. The molecule has 3 rings (SSSR count). The lowest BCUT2D eigenvalue weighted by atomic mass is 10.0. The normalized spacial score (nSPS) is 15.5. The van der Waals surface area contributed by atoms with E-state index in [1.54, 1.807) is 24.3 Å². The smallest absolute Gasteiger partial charge is 0.264 e. The van der Waals surface area contributed by atoms with Crippen LogP contribution in [0, 0.1) is 0 Å². The Hall–Kier alpha value is -2.59. The van der Waals surface area contributed by atoms with Crippen molar-refractivity contribution in [2.45, 2.75) is 24.5 Å². The Bertz CT molecular complexity index is 938. The van der Waals surface area contributed by atoms with Gasteiger partial charge in [-0.25, -0.2) is 13.9 Å². The predicted molar refractivity (Wildman–Crippen MR) is 89.6 cm³/mol. The number of hydrogen-bond donors (Lipinski definition) is 2. The number of amides is 1. The molecule has 1 atom stereocenters. The minimum absolute atomic E-state index is 0.0754. The third-order valence-electron chi connectivity index (χ3n) is 4.48. The van der Waals surface area contributed by atoms with Crippen LogP contribution in [0.5, 0.6) is 11.5 Å². The number of fused-ring (bicyclic) bond motifs is 1. The molecule has 0 spiro atoms. The molecule has 1 aromatic carbocycles. The first-order valence-corrected chi connectivity index (χ1v) is 9.63. The van der Waals surface area contributed by atoms with Crippen molar-refractivity contribution in [2.75, 3.05) is 13.0 Å². The molecule has 0 fully saturated rings. The summed E-state index contributed by atoms with van der Waals surface area (Å²) in [5.41, 5.74) is 2.71. The Labute approximate surface area is 149 Å². The number of nitrogens with one attached hydrogen (secondary N) is 1. The Balaban J connectivity index is 1.77. The van der Waals surface area contributed by atoms with Crippen molar-refractivity contribution in [3.63, 3.8) is 0 Å². The fraction of sp³-hybridized carbons (Fsp3) is 0.375. The van der Waals surface area contributed by atoms with Crippen LogP contribution >= 0.6 is 0 Å². The van der Waals surface area contributed by atoms with Gasteiger partial charge in [-0.2, -0.15) is 0 Å². The Kier molecular flexibility index (Phi) is 4.63. The van der Waals surface area contributed by atoms with Gasteiger partial charge in [0.05, 0.1) is 0 Å². The van der Waals surface area contributed by atoms with Crippen LogP contribution in [0.4, 0.5) is 0 Å². The molecule has 1 aliphatic heterocycles. The lowest BCUT2D eigenvalue weighted by molar-refractivity contribution is -0.131. The summed E-state index contributed by atoms with van der Waals surface area (Å²) in [5, 5.41) is 12.8. The van der Waals surface area contributed by atoms with Crippen LogP contribution < -0.4 is 15.0 Å². The first-order valence-electron chi connectivity index (χ1n) is 7.74. The van der Waals surface area contributed by atoms with Crippen molar-refractivity contribution in [3.8, 4) is 22.8 Å². The van der Waals surface area contributed by atoms with E-state index in [-0.39, 0.29) is 19.6 Å². The molecule has 0 radical (unpaired) electrons. The fourth-order valence-corrected chi connectivity index (χ4v) is 3.43. The molecule has 0 saturated carbocycles. The molecule has 26 heavy (non-hydrogen) atoms. The van der Waals surface area contributed by atoms with E-state index in [4.69, 9.17) is 19.2 Å². The highest BCUT2D eigenvalue weighted by Crippen LogP contribution is 2.36. The van der Waals surface area contributed by atoms with Crippen LogP contribution in [0.2, 0.25) is 0 Å². The zero-order valence-electron chi connectivity index (χ0n) is 14.2. The summed E-state index contributed by atoms with van der Waals surface area (Å²) in [4.78, 5) is 11.8. The van der Waals surface area contributed by atoms with E-state index in [0.29, 0.717) is 23.0 Å². The standard InChI is InChI=1S/C16H18N2O7S/c1-16(15(19)17-20,26(2,21)22)6-5-11-8-12(18-25-11)10-3-4-13-14(7-10)24-9-23-13/h3-4,7-8,20H,5-6,9H2,1-2H3,(H,17,19). The van der Waals surface area contributed by atoms with E-state index in [1.165, 1.54) is 12.4 Å². The molecule has 2 N–H and O–H groups in total. The second-order valence-corrected chi connectivity index (χ2v) is 8.64. The van der Waals surface area contributed by atoms with Crippen LogP contribution in [-0.4, -0.2) is 42.5 Å². The molecule has 0 bridgehead atoms. The molecule has 1 amide bonds. The number of nitrogens with zero attached hydrogens (tertiary/aromatic N) is 1. The van der Waals surface area contributed by atoms with Crippen LogP contribution in [-0.2, 0) is 21.1 Å². The van der Waals surface area contributed by atoms with Gasteiger partial charge in [-0.05, 0) is 31.5 Å². The van der Waals surface area contributed by atoms with Crippen molar-refractivity contribution in [3.05, 3.63) is 30.0 Å². The van der Waals surface area contributed by atoms with Gasteiger partial charge >= 0.3 is 0 Å². The molecular weight excluding hydrogens is 364 g/mol. The summed E-state index contributed by atoms with van der Waals surface area (Å²) in [6.45, 7) is 1.42. The number of sulfone groups is 1. The van der Waals surface area contributed by atoms with E-state index in [1.807, 2.05) is 0 Å². The van der Waals surface area contributed by atoms with E-state index < -0.39 is 20.5 Å². The zero-order chi connectivity index (χ0) is 18.9. The summed E-state index contributed by atoms with van der Waals surface area (Å²) >= 11 is 0. The number of carbonyl (C=O) groups is 1. The van der Waals surface area contributed by atoms with Crippen LogP contribution in [0.25, 0.3) is 11.3 Å². The molecule has 9 nitrogen and oxygen atoms in total. The number of carbonyl (C=O) groups excluding carboxylic acids is 1. The third-order valence-corrected chi connectivity index (χ3v) is 6.50. The number of aromatic nitrogens is 1. The van der Waals surface area contributed by atoms with Gasteiger partial charge in [0.15, 0.2) is 21.3 Å². The number of hydrogen-bond acceptors (Lipinski definition) is 8. The van der Waals surface area contributed by atoms with Crippen molar-refractivity contribution < 1.29 is 32.4 Å².